The molecule has 0 bridgehead atoms. The average Bonchev–Trinajstić information content (AvgIpc) is 3.41. The Hall–Kier alpha value is -3.39. The number of hydrogen-bond donors (Lipinski definition) is 1. The van der Waals surface area contributed by atoms with E-state index in [0.717, 1.165) is 25.5 Å². The highest BCUT2D eigenvalue weighted by Crippen LogP contribution is 2.25. The molecule has 2 atom stereocenters. The number of nitrogen functional groups attached to an aromatic ring is 1. The molecule has 0 saturated carbocycles. The van der Waals surface area contributed by atoms with Crippen LogP contribution in [0.4, 0.5) is 11.8 Å². The Morgan fingerprint density at radius 2 is 1.80 bits per heavy atom. The maximum absolute atomic E-state index is 6.21. The zero-order valence-corrected chi connectivity index (χ0v) is 17.1. The quantitative estimate of drug-likeness (QED) is 0.560. The minimum absolute atomic E-state index is 0.319. The van der Waals surface area contributed by atoms with E-state index < -0.39 is 0 Å². The van der Waals surface area contributed by atoms with Gasteiger partial charge < -0.3 is 15.1 Å². The Balaban J connectivity index is 1.39. The monoisotopic (exact) mass is 403 g/mol. The first-order valence-electron chi connectivity index (χ1n) is 10.2. The molecule has 1 aromatic carbocycles. The molecule has 1 aliphatic rings. The van der Waals surface area contributed by atoms with Gasteiger partial charge in [-0.05, 0) is 31.5 Å². The number of rotatable bonds is 4. The van der Waals surface area contributed by atoms with Crippen molar-refractivity contribution in [3.8, 4) is 11.6 Å². The zero-order chi connectivity index (χ0) is 20.7. The molecule has 154 valence electrons. The Kier molecular flexibility index (Phi) is 4.63. The van der Waals surface area contributed by atoms with Crippen LogP contribution in [0.15, 0.2) is 59.2 Å². The van der Waals surface area contributed by atoms with Gasteiger partial charge in [-0.25, -0.2) is 4.98 Å². The number of nitrogens with zero attached hydrogens (tertiary/aromatic N) is 6. The van der Waals surface area contributed by atoms with Crippen LogP contribution < -0.4 is 10.6 Å². The highest BCUT2D eigenvalue weighted by atomic mass is 16.3. The van der Waals surface area contributed by atoms with Crippen molar-refractivity contribution in [1.82, 2.24) is 24.5 Å². The van der Waals surface area contributed by atoms with Gasteiger partial charge in [-0.15, -0.1) is 5.10 Å². The Morgan fingerprint density at radius 3 is 2.50 bits per heavy atom. The van der Waals surface area contributed by atoms with Crippen LogP contribution in [0.2, 0.25) is 0 Å². The molecule has 0 amide bonds. The number of hydrogen-bond acceptors (Lipinski definition) is 7. The van der Waals surface area contributed by atoms with Crippen LogP contribution in [0.5, 0.6) is 0 Å². The summed E-state index contributed by atoms with van der Waals surface area (Å²) in [5.41, 5.74) is 8.21. The molecular weight excluding hydrogens is 378 g/mol. The van der Waals surface area contributed by atoms with E-state index in [4.69, 9.17) is 10.2 Å². The second kappa shape index (κ2) is 7.46. The fourth-order valence-corrected chi connectivity index (χ4v) is 4.22. The van der Waals surface area contributed by atoms with E-state index >= 15 is 0 Å². The second-order valence-electron chi connectivity index (χ2n) is 7.92. The molecule has 0 aliphatic carbocycles. The van der Waals surface area contributed by atoms with Gasteiger partial charge in [0, 0.05) is 37.8 Å². The fourth-order valence-electron chi connectivity index (χ4n) is 4.22. The maximum Gasteiger partial charge on any atom is 0.225 e. The summed E-state index contributed by atoms with van der Waals surface area (Å²) < 4.78 is 6.96. The van der Waals surface area contributed by atoms with E-state index in [0.29, 0.717) is 35.3 Å². The SMILES string of the molecule is C[C@@H]1CN(c2cc3nc(-c4ccco4)nn3c(N)n2)C[C@H](C)N1Cc1ccccc1. The molecule has 1 fully saturated rings. The van der Waals surface area contributed by atoms with Crippen molar-refractivity contribution in [2.24, 2.45) is 0 Å². The van der Waals surface area contributed by atoms with Crippen molar-refractivity contribution in [2.45, 2.75) is 32.5 Å². The van der Waals surface area contributed by atoms with E-state index in [2.05, 4.69) is 69.0 Å². The zero-order valence-electron chi connectivity index (χ0n) is 17.1. The molecule has 0 unspecified atom stereocenters. The van der Waals surface area contributed by atoms with Crippen molar-refractivity contribution < 1.29 is 4.42 Å². The molecule has 8 heteroatoms. The first-order chi connectivity index (χ1) is 14.6. The van der Waals surface area contributed by atoms with Gasteiger partial charge in [0.1, 0.15) is 5.82 Å². The first-order valence-corrected chi connectivity index (χ1v) is 10.2. The molecule has 4 aromatic rings. The molecule has 8 nitrogen and oxygen atoms in total. The van der Waals surface area contributed by atoms with Gasteiger partial charge in [-0.1, -0.05) is 30.3 Å². The standard InChI is InChI=1S/C22H25N7O/c1-15-12-27(13-16(2)28(15)14-17-7-4-3-5-8-17)19-11-20-24-21(18-9-6-10-30-18)26-29(20)22(23)25-19/h3-11,15-16H,12-14H2,1-2H3,(H2,23,25)/t15-,16+. The van der Waals surface area contributed by atoms with Crippen LogP contribution in [0, 0.1) is 0 Å². The number of anilines is 2. The summed E-state index contributed by atoms with van der Waals surface area (Å²) in [5, 5.41) is 4.43. The van der Waals surface area contributed by atoms with Crippen LogP contribution in [-0.2, 0) is 6.54 Å². The van der Waals surface area contributed by atoms with E-state index in [1.165, 1.54) is 5.56 Å². The normalized spacial score (nSPS) is 20.1. The summed E-state index contributed by atoms with van der Waals surface area (Å²) in [7, 11) is 0. The van der Waals surface area contributed by atoms with Gasteiger partial charge in [0.15, 0.2) is 11.4 Å². The van der Waals surface area contributed by atoms with Crippen LogP contribution in [0.1, 0.15) is 19.4 Å². The van der Waals surface area contributed by atoms with Crippen molar-refractivity contribution >= 4 is 17.4 Å². The van der Waals surface area contributed by atoms with Gasteiger partial charge in [-0.3, -0.25) is 4.90 Å². The fraction of sp³-hybridized carbons (Fsp3) is 0.318. The molecule has 1 saturated heterocycles. The maximum atomic E-state index is 6.21. The van der Waals surface area contributed by atoms with Crippen LogP contribution in [-0.4, -0.2) is 49.7 Å². The van der Waals surface area contributed by atoms with Crippen molar-refractivity contribution in [3.05, 3.63) is 60.4 Å². The molecule has 5 rings (SSSR count). The Labute approximate surface area is 174 Å². The lowest BCUT2D eigenvalue weighted by molar-refractivity contribution is 0.123. The molecule has 0 radical (unpaired) electrons. The third-order valence-electron chi connectivity index (χ3n) is 5.71. The number of furan rings is 1. The average molecular weight is 403 g/mol. The molecule has 2 N–H and O–H groups in total. The topological polar surface area (TPSA) is 88.7 Å². The molecule has 1 aliphatic heterocycles. The highest BCUT2D eigenvalue weighted by Gasteiger charge is 2.30. The van der Waals surface area contributed by atoms with E-state index in [-0.39, 0.29) is 0 Å². The van der Waals surface area contributed by atoms with Crippen LogP contribution >= 0.6 is 0 Å². The summed E-state index contributed by atoms with van der Waals surface area (Å²) in [6.07, 6.45) is 1.60. The van der Waals surface area contributed by atoms with E-state index in [9.17, 15) is 0 Å². The number of benzene rings is 1. The van der Waals surface area contributed by atoms with Crippen molar-refractivity contribution in [2.75, 3.05) is 23.7 Å². The minimum Gasteiger partial charge on any atom is -0.461 e. The summed E-state index contributed by atoms with van der Waals surface area (Å²) >= 11 is 0. The van der Waals surface area contributed by atoms with Crippen molar-refractivity contribution in [3.63, 3.8) is 0 Å². The van der Waals surface area contributed by atoms with E-state index in [1.807, 2.05) is 18.2 Å². The number of nitrogens with two attached hydrogens (primary N) is 1. The largest absolute Gasteiger partial charge is 0.461 e. The smallest absolute Gasteiger partial charge is 0.225 e. The third-order valence-corrected chi connectivity index (χ3v) is 5.71. The molecule has 3 aromatic heterocycles. The predicted octanol–water partition coefficient (Wildman–Crippen LogP) is 3.07. The lowest BCUT2D eigenvalue weighted by Crippen LogP contribution is -2.56. The van der Waals surface area contributed by atoms with Gasteiger partial charge in [0.05, 0.1) is 6.26 Å². The van der Waals surface area contributed by atoms with Gasteiger partial charge >= 0.3 is 0 Å². The summed E-state index contributed by atoms with van der Waals surface area (Å²) in [5.74, 6) is 2.26. The minimum atomic E-state index is 0.319. The molecule has 30 heavy (non-hydrogen) atoms. The second-order valence-corrected chi connectivity index (χ2v) is 7.92. The molecule has 0 spiro atoms. The number of piperazine rings is 1. The van der Waals surface area contributed by atoms with Crippen molar-refractivity contribution in [1.29, 1.82) is 0 Å². The van der Waals surface area contributed by atoms with Crippen LogP contribution in [0.25, 0.3) is 17.2 Å². The molecular formula is C22H25N7O. The lowest BCUT2D eigenvalue weighted by atomic mass is 10.1. The third kappa shape index (κ3) is 3.39. The van der Waals surface area contributed by atoms with E-state index in [1.54, 1.807) is 10.8 Å². The number of aromatic nitrogens is 4. The van der Waals surface area contributed by atoms with Gasteiger partial charge in [0.2, 0.25) is 11.8 Å². The van der Waals surface area contributed by atoms with Gasteiger partial charge in [-0.2, -0.15) is 9.50 Å². The molecule has 4 heterocycles. The van der Waals surface area contributed by atoms with Crippen LogP contribution in [0.3, 0.4) is 0 Å². The highest BCUT2D eigenvalue weighted by molar-refractivity contribution is 5.59. The Morgan fingerprint density at radius 1 is 1.03 bits per heavy atom. The summed E-state index contributed by atoms with van der Waals surface area (Å²) in [6, 6.07) is 17.0. The van der Waals surface area contributed by atoms with Gasteiger partial charge in [0.25, 0.3) is 0 Å². The summed E-state index contributed by atoms with van der Waals surface area (Å²) in [6.45, 7) is 7.22. The lowest BCUT2D eigenvalue weighted by Gasteiger charge is -2.45. The first kappa shape index (κ1) is 18.6. The number of fused-ring (bicyclic) bond motifs is 1. The predicted molar refractivity (Wildman–Crippen MR) is 116 cm³/mol. The summed E-state index contributed by atoms with van der Waals surface area (Å²) in [4.78, 5) is 14.0. The Bertz CT molecular complexity index is 1130.